The maximum atomic E-state index is 13.8. The van der Waals surface area contributed by atoms with E-state index >= 15 is 0 Å². The third kappa shape index (κ3) is 7.75. The van der Waals surface area contributed by atoms with Crippen LogP contribution >= 0.6 is 23.2 Å². The maximum absolute atomic E-state index is 13.8. The third-order valence-corrected chi connectivity index (χ3v) is 7.14. The zero-order valence-corrected chi connectivity index (χ0v) is 23.7. The Kier molecular flexibility index (Phi) is 10.0. The topological polar surface area (TPSA) is 96.0 Å². The number of nitrogens with zero attached hydrogens (tertiary/aromatic N) is 2. The molecule has 0 aromatic heterocycles. The number of anilines is 1. The SMILES string of the molecule is CCC(C(=O)NC(C)(C)C)N(Cc1c(Cl)cccc1Cl)C(=O)CN(c1ccccc1OC)S(C)(=O)=O. The van der Waals surface area contributed by atoms with Gasteiger partial charge in [0.2, 0.25) is 21.8 Å². The van der Waals surface area contributed by atoms with Crippen LogP contribution < -0.4 is 14.4 Å². The molecule has 2 rings (SSSR count). The summed E-state index contributed by atoms with van der Waals surface area (Å²) in [7, 11) is -2.48. The lowest BCUT2D eigenvalue weighted by Crippen LogP contribution is -2.55. The highest BCUT2D eigenvalue weighted by molar-refractivity contribution is 7.92. The predicted molar refractivity (Wildman–Crippen MR) is 144 cm³/mol. The lowest BCUT2D eigenvalue weighted by atomic mass is 10.1. The van der Waals surface area contributed by atoms with Gasteiger partial charge >= 0.3 is 0 Å². The number of para-hydroxylation sites is 2. The Morgan fingerprint density at radius 1 is 1.06 bits per heavy atom. The van der Waals surface area contributed by atoms with Crippen LogP contribution in [0.25, 0.3) is 0 Å². The fourth-order valence-corrected chi connectivity index (χ4v) is 5.03. The van der Waals surface area contributed by atoms with Gasteiger partial charge in [-0.2, -0.15) is 0 Å². The van der Waals surface area contributed by atoms with Gasteiger partial charge in [-0.25, -0.2) is 8.42 Å². The number of benzene rings is 2. The van der Waals surface area contributed by atoms with Gasteiger partial charge in [-0.05, 0) is 51.5 Å². The van der Waals surface area contributed by atoms with E-state index in [-0.39, 0.29) is 30.3 Å². The van der Waals surface area contributed by atoms with Crippen molar-refractivity contribution in [2.45, 2.75) is 52.2 Å². The number of nitrogens with one attached hydrogen (secondary N) is 1. The number of carbonyl (C=O) groups is 2. The van der Waals surface area contributed by atoms with Crippen molar-refractivity contribution < 1.29 is 22.7 Å². The second-order valence-electron chi connectivity index (χ2n) is 9.33. The zero-order chi connectivity index (χ0) is 27.3. The quantitative estimate of drug-likeness (QED) is 0.464. The van der Waals surface area contributed by atoms with Crippen LogP contribution in [0.1, 0.15) is 39.7 Å². The molecular formula is C25H33Cl2N3O5S. The van der Waals surface area contributed by atoms with Crippen LogP contribution in [0.2, 0.25) is 10.0 Å². The summed E-state index contributed by atoms with van der Waals surface area (Å²) in [5.74, 6) is -0.683. The van der Waals surface area contributed by atoms with Crippen LogP contribution in [0, 0.1) is 0 Å². The molecule has 198 valence electrons. The van der Waals surface area contributed by atoms with E-state index in [1.807, 2.05) is 20.8 Å². The molecule has 11 heteroatoms. The first-order valence-corrected chi connectivity index (χ1v) is 13.9. The highest BCUT2D eigenvalue weighted by atomic mass is 35.5. The van der Waals surface area contributed by atoms with Gasteiger partial charge in [-0.15, -0.1) is 0 Å². The van der Waals surface area contributed by atoms with Crippen molar-refractivity contribution >= 4 is 50.7 Å². The van der Waals surface area contributed by atoms with Crippen LogP contribution in [0.15, 0.2) is 42.5 Å². The van der Waals surface area contributed by atoms with E-state index in [1.54, 1.807) is 49.4 Å². The third-order valence-electron chi connectivity index (χ3n) is 5.31. The minimum Gasteiger partial charge on any atom is -0.495 e. The molecule has 8 nitrogen and oxygen atoms in total. The Balaban J connectivity index is 2.56. The average molecular weight is 559 g/mol. The number of amides is 2. The van der Waals surface area contributed by atoms with Gasteiger partial charge in [0.05, 0.1) is 19.1 Å². The summed E-state index contributed by atoms with van der Waals surface area (Å²) in [5.41, 5.74) is 0.121. The lowest BCUT2D eigenvalue weighted by Gasteiger charge is -2.35. The molecule has 0 spiro atoms. The summed E-state index contributed by atoms with van der Waals surface area (Å²) >= 11 is 12.8. The number of methoxy groups -OCH3 is 1. The summed E-state index contributed by atoms with van der Waals surface area (Å²) in [6.45, 7) is 6.64. The second-order valence-corrected chi connectivity index (χ2v) is 12.0. The molecular weight excluding hydrogens is 525 g/mol. The normalized spacial score (nSPS) is 12.6. The number of halogens is 2. The fourth-order valence-electron chi connectivity index (χ4n) is 3.66. The van der Waals surface area contributed by atoms with E-state index in [0.717, 1.165) is 10.6 Å². The number of hydrogen-bond acceptors (Lipinski definition) is 5. The predicted octanol–water partition coefficient (Wildman–Crippen LogP) is 4.49. The second kappa shape index (κ2) is 12.2. The summed E-state index contributed by atoms with van der Waals surface area (Å²) in [5, 5.41) is 3.56. The van der Waals surface area contributed by atoms with Gasteiger partial charge in [0.25, 0.3) is 0 Å². The molecule has 1 unspecified atom stereocenters. The number of hydrogen-bond donors (Lipinski definition) is 1. The van der Waals surface area contributed by atoms with E-state index < -0.39 is 34.1 Å². The van der Waals surface area contributed by atoms with Gasteiger partial charge in [0.1, 0.15) is 18.3 Å². The largest absolute Gasteiger partial charge is 0.495 e. The number of sulfonamides is 1. The van der Waals surface area contributed by atoms with Crippen molar-refractivity contribution in [2.75, 3.05) is 24.2 Å². The van der Waals surface area contributed by atoms with Crippen LogP contribution in [-0.2, 0) is 26.2 Å². The van der Waals surface area contributed by atoms with Gasteiger partial charge in [-0.1, -0.05) is 48.3 Å². The van der Waals surface area contributed by atoms with Crippen molar-refractivity contribution in [3.8, 4) is 5.75 Å². The van der Waals surface area contributed by atoms with E-state index in [1.165, 1.54) is 12.0 Å². The van der Waals surface area contributed by atoms with Crippen LogP contribution in [-0.4, -0.2) is 56.6 Å². The zero-order valence-electron chi connectivity index (χ0n) is 21.3. The molecule has 0 heterocycles. The average Bonchev–Trinajstić information content (AvgIpc) is 2.77. The van der Waals surface area contributed by atoms with E-state index in [2.05, 4.69) is 5.32 Å². The molecule has 1 N–H and O–H groups in total. The molecule has 0 aliphatic rings. The molecule has 0 saturated heterocycles. The standard InChI is InChI=1S/C25H33Cl2N3O5S/c1-7-20(24(32)28-25(2,3)4)29(15-17-18(26)11-10-12-19(17)27)23(31)16-30(36(6,33)34)21-13-8-9-14-22(21)35-5/h8-14,20H,7,15-16H2,1-6H3,(H,28,32). The molecule has 0 fully saturated rings. The molecule has 0 saturated carbocycles. The van der Waals surface area contributed by atoms with E-state index in [4.69, 9.17) is 27.9 Å². The minimum atomic E-state index is -3.90. The van der Waals surface area contributed by atoms with Crippen LogP contribution in [0.3, 0.4) is 0 Å². The summed E-state index contributed by atoms with van der Waals surface area (Å²) < 4.78 is 31.8. The van der Waals surface area contributed by atoms with Crippen LogP contribution in [0.4, 0.5) is 5.69 Å². The van der Waals surface area contributed by atoms with Gasteiger partial charge in [0.15, 0.2) is 0 Å². The minimum absolute atomic E-state index is 0.0864. The molecule has 0 aliphatic carbocycles. The molecule has 1 atom stereocenters. The van der Waals surface area contributed by atoms with Crippen LogP contribution in [0.5, 0.6) is 5.75 Å². The van der Waals surface area contributed by atoms with Crippen molar-refractivity contribution in [3.05, 3.63) is 58.1 Å². The first-order chi connectivity index (χ1) is 16.7. The molecule has 2 amide bonds. The molecule has 0 radical (unpaired) electrons. The molecule has 0 aliphatic heterocycles. The monoisotopic (exact) mass is 557 g/mol. The number of rotatable bonds is 10. The molecule has 2 aromatic rings. The Bertz CT molecular complexity index is 1180. The van der Waals surface area contributed by atoms with Gasteiger partial charge in [0, 0.05) is 27.7 Å². The first kappa shape index (κ1) is 29.7. The number of carbonyl (C=O) groups excluding carboxylic acids is 2. The lowest BCUT2D eigenvalue weighted by molar-refractivity contribution is -0.141. The Labute approximate surface area is 223 Å². The Hall–Kier alpha value is -2.49. The van der Waals surface area contributed by atoms with Crippen molar-refractivity contribution in [2.24, 2.45) is 0 Å². The first-order valence-electron chi connectivity index (χ1n) is 11.3. The highest BCUT2D eigenvalue weighted by Gasteiger charge is 2.34. The maximum Gasteiger partial charge on any atom is 0.244 e. The van der Waals surface area contributed by atoms with Crippen molar-refractivity contribution in [1.82, 2.24) is 10.2 Å². The fraction of sp³-hybridized carbons (Fsp3) is 0.440. The molecule has 36 heavy (non-hydrogen) atoms. The summed E-state index contributed by atoms with van der Waals surface area (Å²) in [4.78, 5) is 28.3. The Morgan fingerprint density at radius 3 is 2.14 bits per heavy atom. The molecule has 2 aromatic carbocycles. The smallest absolute Gasteiger partial charge is 0.244 e. The van der Waals surface area contributed by atoms with Gasteiger partial charge in [-0.3, -0.25) is 13.9 Å². The van der Waals surface area contributed by atoms with Crippen molar-refractivity contribution in [3.63, 3.8) is 0 Å². The van der Waals surface area contributed by atoms with Gasteiger partial charge < -0.3 is 15.0 Å². The number of ether oxygens (including phenoxy) is 1. The summed E-state index contributed by atoms with van der Waals surface area (Å²) in [6, 6.07) is 10.5. The van der Waals surface area contributed by atoms with E-state index in [9.17, 15) is 18.0 Å². The molecule has 0 bridgehead atoms. The van der Waals surface area contributed by atoms with E-state index in [0.29, 0.717) is 15.6 Å². The Morgan fingerprint density at radius 2 is 1.64 bits per heavy atom. The summed E-state index contributed by atoms with van der Waals surface area (Å²) in [6.07, 6.45) is 1.29. The van der Waals surface area contributed by atoms with Crippen molar-refractivity contribution in [1.29, 1.82) is 0 Å². The highest BCUT2D eigenvalue weighted by Crippen LogP contribution is 2.31.